The highest BCUT2D eigenvalue weighted by Crippen LogP contribution is 2.35. The Labute approximate surface area is 113 Å². The lowest BCUT2D eigenvalue weighted by Gasteiger charge is -2.20. The molecule has 1 fully saturated rings. The van der Waals surface area contributed by atoms with Crippen LogP contribution in [0.5, 0.6) is 11.5 Å². The van der Waals surface area contributed by atoms with Gasteiger partial charge in [0, 0.05) is 17.6 Å². The molecule has 1 saturated carbocycles. The van der Waals surface area contributed by atoms with Crippen LogP contribution in [0, 0.1) is 0 Å². The molecular formula is C14H21NO4. The molecule has 5 heteroatoms. The maximum absolute atomic E-state index is 10.3. The van der Waals surface area contributed by atoms with Crippen molar-refractivity contribution >= 4 is 0 Å². The Hall–Kier alpha value is -1.30. The number of ether oxygens (including phenoxy) is 2. The lowest BCUT2D eigenvalue weighted by molar-refractivity contribution is 0.151. The van der Waals surface area contributed by atoms with Crippen LogP contribution in [0.2, 0.25) is 0 Å². The summed E-state index contributed by atoms with van der Waals surface area (Å²) in [6.07, 6.45) is 1.20. The maximum Gasteiger partial charge on any atom is 0.124 e. The molecule has 1 aromatic rings. The Kier molecular flexibility index (Phi) is 4.29. The zero-order valence-corrected chi connectivity index (χ0v) is 11.3. The van der Waals surface area contributed by atoms with Gasteiger partial charge in [0.1, 0.15) is 11.5 Å². The Morgan fingerprint density at radius 1 is 1.32 bits per heavy atom. The van der Waals surface area contributed by atoms with Gasteiger partial charge in [0.05, 0.1) is 26.9 Å². The normalized spacial score (nSPS) is 17.9. The molecule has 2 rings (SSSR count). The predicted molar refractivity (Wildman–Crippen MR) is 71.6 cm³/mol. The van der Waals surface area contributed by atoms with Crippen molar-refractivity contribution in [1.82, 2.24) is 5.32 Å². The number of nitrogens with one attached hydrogen (secondary N) is 1. The molecule has 1 aliphatic rings. The van der Waals surface area contributed by atoms with E-state index in [0.717, 1.165) is 12.8 Å². The van der Waals surface area contributed by atoms with E-state index in [0.29, 0.717) is 23.6 Å². The Balaban J connectivity index is 2.06. The van der Waals surface area contributed by atoms with Crippen LogP contribution >= 0.6 is 0 Å². The summed E-state index contributed by atoms with van der Waals surface area (Å²) in [7, 11) is 3.16. The summed E-state index contributed by atoms with van der Waals surface area (Å²) < 4.78 is 10.4. The first-order valence-corrected chi connectivity index (χ1v) is 6.40. The molecule has 0 spiro atoms. The minimum absolute atomic E-state index is 0.106. The largest absolute Gasteiger partial charge is 0.497 e. The number of methoxy groups -OCH3 is 2. The Bertz CT molecular complexity index is 431. The van der Waals surface area contributed by atoms with Crippen molar-refractivity contribution in [2.45, 2.75) is 24.5 Å². The number of hydrogen-bond acceptors (Lipinski definition) is 5. The van der Waals surface area contributed by atoms with Crippen molar-refractivity contribution in [3.05, 3.63) is 23.8 Å². The molecule has 0 aromatic heterocycles. The number of aliphatic hydroxyl groups excluding tert-OH is 2. The number of hydrogen-bond donors (Lipinski definition) is 3. The van der Waals surface area contributed by atoms with Crippen LogP contribution in [0.15, 0.2) is 18.2 Å². The van der Waals surface area contributed by atoms with Crippen LogP contribution in [-0.4, -0.2) is 43.1 Å². The van der Waals surface area contributed by atoms with Gasteiger partial charge in [-0.05, 0) is 31.0 Å². The molecule has 1 aliphatic carbocycles. The van der Waals surface area contributed by atoms with E-state index in [1.165, 1.54) is 0 Å². The first kappa shape index (κ1) is 14.1. The van der Waals surface area contributed by atoms with E-state index < -0.39 is 6.10 Å². The summed E-state index contributed by atoms with van der Waals surface area (Å²) in [5.74, 6) is 1.31. The molecule has 19 heavy (non-hydrogen) atoms. The lowest BCUT2D eigenvalue weighted by atomic mass is 10.1. The third-order valence-corrected chi connectivity index (χ3v) is 3.62. The predicted octanol–water partition coefficient (Wildman–Crippen LogP) is 0.852. The van der Waals surface area contributed by atoms with Crippen LogP contribution in [-0.2, 0) is 0 Å². The molecule has 1 atom stereocenters. The van der Waals surface area contributed by atoms with Gasteiger partial charge in [-0.1, -0.05) is 0 Å². The van der Waals surface area contributed by atoms with Gasteiger partial charge in [0.2, 0.25) is 0 Å². The van der Waals surface area contributed by atoms with Crippen LogP contribution in [0.4, 0.5) is 0 Å². The van der Waals surface area contributed by atoms with E-state index in [-0.39, 0.29) is 12.1 Å². The fraction of sp³-hybridized carbons (Fsp3) is 0.571. The van der Waals surface area contributed by atoms with Crippen molar-refractivity contribution in [1.29, 1.82) is 0 Å². The number of aliphatic hydroxyl groups is 2. The molecular weight excluding hydrogens is 246 g/mol. The molecule has 0 radical (unpaired) electrons. The molecule has 0 amide bonds. The minimum atomic E-state index is -0.700. The highest BCUT2D eigenvalue weighted by molar-refractivity contribution is 5.41. The topological polar surface area (TPSA) is 71.0 Å². The summed E-state index contributed by atoms with van der Waals surface area (Å²) in [4.78, 5) is 0. The first-order valence-electron chi connectivity index (χ1n) is 6.40. The zero-order chi connectivity index (χ0) is 13.9. The molecule has 1 unspecified atom stereocenters. The number of benzene rings is 1. The van der Waals surface area contributed by atoms with Gasteiger partial charge in [-0.25, -0.2) is 0 Å². The Morgan fingerprint density at radius 3 is 2.58 bits per heavy atom. The average molecular weight is 267 g/mol. The molecule has 0 bridgehead atoms. The van der Waals surface area contributed by atoms with Gasteiger partial charge in [-0.3, -0.25) is 0 Å². The van der Waals surface area contributed by atoms with Crippen molar-refractivity contribution in [2.75, 3.05) is 27.4 Å². The van der Waals surface area contributed by atoms with Crippen molar-refractivity contribution in [3.8, 4) is 11.5 Å². The van der Waals surface area contributed by atoms with Gasteiger partial charge < -0.3 is 25.0 Å². The first-order chi connectivity index (χ1) is 9.14. The third kappa shape index (κ3) is 3.18. The zero-order valence-electron chi connectivity index (χ0n) is 11.3. The van der Waals surface area contributed by atoms with Crippen LogP contribution in [0.1, 0.15) is 24.5 Å². The number of rotatable bonds is 7. The second kappa shape index (κ2) is 5.77. The fourth-order valence-electron chi connectivity index (χ4n) is 2.06. The summed E-state index contributed by atoms with van der Waals surface area (Å²) in [5, 5.41) is 22.7. The molecule has 3 N–H and O–H groups in total. The lowest BCUT2D eigenvalue weighted by Crippen LogP contribution is -2.37. The monoisotopic (exact) mass is 267 g/mol. The molecule has 1 aromatic carbocycles. The number of β-amino-alcohol motifs (C(OH)–C–C–N with tert-alkyl or cyclic N) is 1. The molecule has 0 heterocycles. The summed E-state index contributed by atoms with van der Waals surface area (Å²) in [6, 6.07) is 5.33. The molecule has 5 nitrogen and oxygen atoms in total. The van der Waals surface area contributed by atoms with E-state index in [4.69, 9.17) is 9.47 Å². The van der Waals surface area contributed by atoms with Crippen molar-refractivity contribution < 1.29 is 19.7 Å². The second-order valence-electron chi connectivity index (χ2n) is 4.94. The van der Waals surface area contributed by atoms with Gasteiger partial charge in [0.25, 0.3) is 0 Å². The van der Waals surface area contributed by atoms with Gasteiger partial charge in [-0.2, -0.15) is 0 Å². The van der Waals surface area contributed by atoms with E-state index in [9.17, 15) is 10.2 Å². The van der Waals surface area contributed by atoms with Gasteiger partial charge >= 0.3 is 0 Å². The molecule has 0 saturated heterocycles. The Morgan fingerprint density at radius 2 is 2.05 bits per heavy atom. The van der Waals surface area contributed by atoms with Crippen molar-refractivity contribution in [2.24, 2.45) is 0 Å². The van der Waals surface area contributed by atoms with E-state index in [2.05, 4.69) is 5.32 Å². The maximum atomic E-state index is 10.3. The van der Waals surface area contributed by atoms with Crippen LogP contribution in [0.3, 0.4) is 0 Å². The summed E-state index contributed by atoms with van der Waals surface area (Å²) in [6.45, 7) is 0.485. The quantitative estimate of drug-likeness (QED) is 0.683. The smallest absolute Gasteiger partial charge is 0.124 e. The van der Waals surface area contributed by atoms with Crippen molar-refractivity contribution in [3.63, 3.8) is 0 Å². The minimum Gasteiger partial charge on any atom is -0.497 e. The summed E-state index contributed by atoms with van der Waals surface area (Å²) in [5.41, 5.74) is 0.496. The fourth-order valence-corrected chi connectivity index (χ4v) is 2.06. The van der Waals surface area contributed by atoms with Crippen LogP contribution in [0.25, 0.3) is 0 Å². The van der Waals surface area contributed by atoms with E-state index in [1.54, 1.807) is 32.4 Å². The molecule has 106 valence electrons. The highest BCUT2D eigenvalue weighted by atomic mass is 16.5. The van der Waals surface area contributed by atoms with Gasteiger partial charge in [-0.15, -0.1) is 0 Å². The molecule has 0 aliphatic heterocycles. The van der Waals surface area contributed by atoms with E-state index >= 15 is 0 Å². The van der Waals surface area contributed by atoms with Crippen LogP contribution < -0.4 is 14.8 Å². The average Bonchev–Trinajstić information content (AvgIpc) is 3.24. The highest BCUT2D eigenvalue weighted by Gasteiger charge is 2.41. The summed E-state index contributed by atoms with van der Waals surface area (Å²) >= 11 is 0. The van der Waals surface area contributed by atoms with Gasteiger partial charge in [0.15, 0.2) is 0 Å². The standard InChI is InChI=1S/C14H21NO4/c1-18-10-3-4-13(19-2)11(7-10)12(17)8-15-14(9-16)5-6-14/h3-4,7,12,15-17H,5-6,8-9H2,1-2H3. The van der Waals surface area contributed by atoms with E-state index in [1.807, 2.05) is 0 Å². The second-order valence-corrected chi connectivity index (χ2v) is 4.94. The SMILES string of the molecule is COc1ccc(OC)c(C(O)CNC2(CO)CC2)c1. The third-order valence-electron chi connectivity index (χ3n) is 3.62.